The molecule has 1 fully saturated rings. The van der Waals surface area contributed by atoms with Crippen LogP contribution in [0.25, 0.3) is 0 Å². The van der Waals surface area contributed by atoms with Crippen LogP contribution in [0.1, 0.15) is 44.7 Å². The first-order chi connectivity index (χ1) is 12.9. The van der Waals surface area contributed by atoms with Gasteiger partial charge in [-0.25, -0.2) is 0 Å². The number of ether oxygens (including phenoxy) is 1. The number of aryl methyl sites for hydroxylation is 1. The van der Waals surface area contributed by atoms with Gasteiger partial charge in [-0.2, -0.15) is 13.2 Å². The van der Waals surface area contributed by atoms with E-state index in [1.54, 1.807) is 0 Å². The minimum absolute atomic E-state index is 0.0315. The third-order valence-corrected chi connectivity index (χ3v) is 4.69. The molecule has 0 unspecified atom stereocenters. The van der Waals surface area contributed by atoms with E-state index in [2.05, 4.69) is 26.1 Å². The molecule has 2 amide bonds. The lowest BCUT2D eigenvalue weighted by Gasteiger charge is -2.32. The predicted octanol–water partition coefficient (Wildman–Crippen LogP) is 3.34. The van der Waals surface area contributed by atoms with E-state index in [-0.39, 0.29) is 49.9 Å². The smallest absolute Gasteiger partial charge is 0.471 e. The van der Waals surface area contributed by atoms with Gasteiger partial charge >= 0.3 is 12.1 Å². The monoisotopic (exact) mass is 400 g/mol. The third-order valence-electron chi connectivity index (χ3n) is 4.69. The second kappa shape index (κ2) is 8.41. The van der Waals surface area contributed by atoms with Gasteiger partial charge < -0.3 is 15.0 Å². The van der Waals surface area contributed by atoms with Crippen molar-refractivity contribution in [1.82, 2.24) is 10.2 Å². The van der Waals surface area contributed by atoms with Gasteiger partial charge in [-0.05, 0) is 36.8 Å². The molecule has 1 heterocycles. The minimum Gasteiger partial charge on any atom is -0.483 e. The largest absolute Gasteiger partial charge is 0.483 e. The number of hydrogen-bond donors (Lipinski definition) is 1. The summed E-state index contributed by atoms with van der Waals surface area (Å²) in [5.41, 5.74) is 1.96. The fraction of sp³-hybridized carbons (Fsp3) is 0.600. The van der Waals surface area contributed by atoms with E-state index in [0.29, 0.717) is 5.75 Å². The fourth-order valence-corrected chi connectivity index (χ4v) is 3.17. The van der Waals surface area contributed by atoms with E-state index in [1.165, 1.54) is 0 Å². The van der Waals surface area contributed by atoms with Crippen LogP contribution in [0.3, 0.4) is 0 Å². The molecule has 1 N–H and O–H groups in total. The first-order valence-corrected chi connectivity index (χ1v) is 9.27. The Balaban J connectivity index is 1.86. The average Bonchev–Trinajstić information content (AvgIpc) is 2.59. The van der Waals surface area contributed by atoms with E-state index in [9.17, 15) is 22.8 Å². The van der Waals surface area contributed by atoms with Gasteiger partial charge in [-0.15, -0.1) is 0 Å². The SMILES string of the molecule is Cc1ccc(OCC(=O)NC2CCN(C(=O)C(F)(F)F)CC2)c(C(C)(C)C)c1. The normalized spacial score (nSPS) is 16.0. The van der Waals surface area contributed by atoms with Gasteiger partial charge in [0.15, 0.2) is 6.61 Å². The van der Waals surface area contributed by atoms with Crippen molar-refractivity contribution in [1.29, 1.82) is 0 Å². The Labute approximate surface area is 163 Å². The Morgan fingerprint density at radius 2 is 1.79 bits per heavy atom. The van der Waals surface area contributed by atoms with Gasteiger partial charge in [-0.1, -0.05) is 38.5 Å². The Morgan fingerprint density at radius 1 is 1.18 bits per heavy atom. The van der Waals surface area contributed by atoms with E-state index >= 15 is 0 Å². The highest BCUT2D eigenvalue weighted by Crippen LogP contribution is 2.32. The van der Waals surface area contributed by atoms with Crippen molar-refractivity contribution < 1.29 is 27.5 Å². The highest BCUT2D eigenvalue weighted by molar-refractivity contribution is 5.82. The molecule has 1 saturated heterocycles. The number of hydrogen-bond acceptors (Lipinski definition) is 3. The van der Waals surface area contributed by atoms with Crippen molar-refractivity contribution in [2.24, 2.45) is 0 Å². The minimum atomic E-state index is -4.86. The first kappa shape index (κ1) is 22.0. The second-order valence-corrected chi connectivity index (χ2v) is 8.17. The topological polar surface area (TPSA) is 58.6 Å². The molecule has 0 saturated carbocycles. The van der Waals surface area contributed by atoms with Crippen molar-refractivity contribution in [3.8, 4) is 5.75 Å². The number of carbonyl (C=O) groups excluding carboxylic acids is 2. The molecule has 28 heavy (non-hydrogen) atoms. The van der Waals surface area contributed by atoms with E-state index in [0.717, 1.165) is 16.0 Å². The van der Waals surface area contributed by atoms with E-state index < -0.39 is 12.1 Å². The molecule has 0 radical (unpaired) electrons. The molecule has 5 nitrogen and oxygen atoms in total. The Kier molecular flexibility index (Phi) is 6.62. The number of benzene rings is 1. The Bertz CT molecular complexity index is 718. The molecular formula is C20H27F3N2O3. The Morgan fingerprint density at radius 3 is 2.32 bits per heavy atom. The molecule has 0 aliphatic carbocycles. The molecule has 2 rings (SSSR count). The lowest BCUT2D eigenvalue weighted by Crippen LogP contribution is -2.50. The summed E-state index contributed by atoms with van der Waals surface area (Å²) < 4.78 is 43.1. The molecule has 1 aliphatic heterocycles. The van der Waals surface area contributed by atoms with Crippen LogP contribution in [0, 0.1) is 6.92 Å². The van der Waals surface area contributed by atoms with E-state index in [4.69, 9.17) is 4.74 Å². The van der Waals surface area contributed by atoms with Crippen molar-refractivity contribution in [3.63, 3.8) is 0 Å². The molecule has 0 spiro atoms. The number of likely N-dealkylation sites (tertiary alicyclic amines) is 1. The molecule has 8 heteroatoms. The maximum atomic E-state index is 12.5. The quantitative estimate of drug-likeness (QED) is 0.843. The fourth-order valence-electron chi connectivity index (χ4n) is 3.17. The maximum absolute atomic E-state index is 12.5. The molecule has 0 aromatic heterocycles. The number of amides is 2. The molecule has 1 aliphatic rings. The summed E-state index contributed by atoms with van der Waals surface area (Å²) in [4.78, 5) is 24.2. The van der Waals surface area contributed by atoms with Crippen molar-refractivity contribution in [3.05, 3.63) is 29.3 Å². The summed E-state index contributed by atoms with van der Waals surface area (Å²) in [6.45, 7) is 7.93. The van der Waals surface area contributed by atoms with Gasteiger partial charge in [0.1, 0.15) is 5.75 Å². The van der Waals surface area contributed by atoms with Crippen LogP contribution >= 0.6 is 0 Å². The summed E-state index contributed by atoms with van der Waals surface area (Å²) in [5.74, 6) is -1.52. The summed E-state index contributed by atoms with van der Waals surface area (Å²) in [6, 6.07) is 5.51. The number of piperidine rings is 1. The van der Waals surface area contributed by atoms with Gasteiger partial charge in [0.2, 0.25) is 0 Å². The summed E-state index contributed by atoms with van der Waals surface area (Å²) >= 11 is 0. The molecule has 0 atom stereocenters. The number of rotatable bonds is 4. The maximum Gasteiger partial charge on any atom is 0.471 e. The second-order valence-electron chi connectivity index (χ2n) is 8.17. The number of carbonyl (C=O) groups is 2. The molecule has 156 valence electrons. The number of alkyl halides is 3. The van der Waals surface area contributed by atoms with Crippen LogP contribution in [0.15, 0.2) is 18.2 Å². The third kappa shape index (κ3) is 5.87. The summed E-state index contributed by atoms with van der Waals surface area (Å²) in [5, 5.41) is 2.77. The van der Waals surface area contributed by atoms with Crippen LogP contribution < -0.4 is 10.1 Å². The van der Waals surface area contributed by atoms with Crippen LogP contribution in [0.5, 0.6) is 5.75 Å². The molecule has 1 aromatic carbocycles. The molecule has 0 bridgehead atoms. The zero-order valence-corrected chi connectivity index (χ0v) is 16.7. The summed E-state index contributed by atoms with van der Waals surface area (Å²) in [6.07, 6.45) is -4.29. The summed E-state index contributed by atoms with van der Waals surface area (Å²) in [7, 11) is 0. The van der Waals surface area contributed by atoms with Crippen molar-refractivity contribution in [2.45, 2.75) is 58.2 Å². The standard InChI is InChI=1S/C20H27F3N2O3/c1-13-5-6-16(15(11-13)19(2,3)4)28-12-17(26)24-14-7-9-25(10-8-14)18(27)20(21,22)23/h5-6,11,14H,7-10,12H2,1-4H3,(H,24,26). The van der Waals surface area contributed by atoms with Gasteiger partial charge in [0.05, 0.1) is 0 Å². The molecular weight excluding hydrogens is 373 g/mol. The zero-order chi connectivity index (χ0) is 21.1. The highest BCUT2D eigenvalue weighted by atomic mass is 19.4. The van der Waals surface area contributed by atoms with Gasteiger partial charge in [0, 0.05) is 19.1 Å². The lowest BCUT2D eigenvalue weighted by molar-refractivity contribution is -0.186. The van der Waals surface area contributed by atoms with E-state index in [1.807, 2.05) is 25.1 Å². The van der Waals surface area contributed by atoms with Crippen molar-refractivity contribution in [2.75, 3.05) is 19.7 Å². The van der Waals surface area contributed by atoms with Crippen LogP contribution in [0.2, 0.25) is 0 Å². The van der Waals surface area contributed by atoms with Crippen LogP contribution in [-0.4, -0.2) is 48.6 Å². The van der Waals surface area contributed by atoms with Gasteiger partial charge in [0.25, 0.3) is 5.91 Å². The zero-order valence-electron chi connectivity index (χ0n) is 16.7. The average molecular weight is 400 g/mol. The van der Waals surface area contributed by atoms with Crippen molar-refractivity contribution >= 4 is 11.8 Å². The first-order valence-electron chi connectivity index (χ1n) is 9.27. The number of nitrogens with one attached hydrogen (secondary N) is 1. The van der Waals surface area contributed by atoms with Crippen LogP contribution in [-0.2, 0) is 15.0 Å². The Hall–Kier alpha value is -2.25. The highest BCUT2D eigenvalue weighted by Gasteiger charge is 2.43. The molecule has 1 aromatic rings. The van der Waals surface area contributed by atoms with Gasteiger partial charge in [-0.3, -0.25) is 9.59 Å². The van der Waals surface area contributed by atoms with Crippen LogP contribution in [0.4, 0.5) is 13.2 Å². The predicted molar refractivity (Wildman–Crippen MR) is 99.2 cm³/mol. The number of nitrogens with zero attached hydrogens (tertiary/aromatic N) is 1. The number of halogens is 3. The lowest BCUT2D eigenvalue weighted by atomic mass is 9.85.